The highest BCUT2D eigenvalue weighted by atomic mass is 16.5. The second-order valence-corrected chi connectivity index (χ2v) is 11.1. The largest absolute Gasteiger partial charge is 0.463 e. The van der Waals surface area contributed by atoms with Crippen LogP contribution in [0.5, 0.6) is 11.5 Å². The van der Waals surface area contributed by atoms with Crippen LogP contribution in [0.25, 0.3) is 54.7 Å². The summed E-state index contributed by atoms with van der Waals surface area (Å²) < 4.78 is 14.0. The van der Waals surface area contributed by atoms with Crippen LogP contribution in [0.3, 0.4) is 0 Å². The van der Waals surface area contributed by atoms with E-state index in [1.807, 2.05) is 42.6 Å². The molecule has 6 heteroatoms. The summed E-state index contributed by atoms with van der Waals surface area (Å²) in [6, 6.07) is 28.0. The van der Waals surface area contributed by atoms with Crippen LogP contribution >= 0.6 is 0 Å². The molecule has 0 aliphatic rings. The Balaban J connectivity index is 1.34. The first-order chi connectivity index (χ1) is 19.9. The van der Waals surface area contributed by atoms with E-state index < -0.39 is 0 Å². The molecule has 0 saturated carbocycles. The Morgan fingerprint density at radius 1 is 0.829 bits per heavy atom. The molecule has 0 aliphatic heterocycles. The van der Waals surface area contributed by atoms with Gasteiger partial charge in [0.15, 0.2) is 11.3 Å². The van der Waals surface area contributed by atoms with Gasteiger partial charge in [0.05, 0.1) is 35.8 Å². The van der Waals surface area contributed by atoms with Crippen molar-refractivity contribution in [3.63, 3.8) is 0 Å². The van der Waals surface area contributed by atoms with E-state index in [1.165, 1.54) is 5.56 Å². The molecule has 0 unspecified atom stereocenters. The maximum absolute atomic E-state index is 7.66. The summed E-state index contributed by atoms with van der Waals surface area (Å²) in [4.78, 5) is 13.0. The van der Waals surface area contributed by atoms with Crippen molar-refractivity contribution in [1.29, 1.82) is 0 Å². The Hall–Kier alpha value is -5.41. The Morgan fingerprint density at radius 2 is 1.68 bits per heavy atom. The lowest BCUT2D eigenvalue weighted by Crippen LogP contribution is -2.12. The molecule has 0 fully saturated rings. The molecule has 3 aromatic carbocycles. The van der Waals surface area contributed by atoms with Gasteiger partial charge in [-0.1, -0.05) is 39.0 Å². The van der Waals surface area contributed by atoms with Crippen LogP contribution in [0, 0.1) is 6.57 Å². The minimum Gasteiger partial charge on any atom is -0.463 e. The maximum atomic E-state index is 7.66. The van der Waals surface area contributed by atoms with Gasteiger partial charge in [0.25, 0.3) is 0 Å². The molecule has 7 rings (SSSR count). The molecular weight excluding hydrogens is 508 g/mol. The number of furan rings is 1. The minimum atomic E-state index is -0.00660. The van der Waals surface area contributed by atoms with E-state index in [-0.39, 0.29) is 5.41 Å². The van der Waals surface area contributed by atoms with Gasteiger partial charge in [-0.2, -0.15) is 0 Å². The monoisotopic (exact) mass is 534 g/mol. The molecule has 0 amide bonds. The number of nitrogens with zero attached hydrogens (tertiary/aromatic N) is 4. The standard InChI is InChI=1S/C35H26N4O2/c1-35(2,3)24-11-13-37-34(18-24)39-31-8-6-5-7-28(31)29-10-9-26(20-32(29)39)41-27-16-23(15-25(19-27)36-4)30-17-22-12-14-40-33(22)21-38-30/h5-21H,1-3H3. The zero-order chi connectivity index (χ0) is 28.1. The van der Waals surface area contributed by atoms with Gasteiger partial charge in [-0.25, -0.2) is 9.83 Å². The number of aromatic nitrogens is 3. The lowest BCUT2D eigenvalue weighted by Gasteiger charge is -2.20. The first-order valence-corrected chi connectivity index (χ1v) is 13.4. The fourth-order valence-corrected chi connectivity index (χ4v) is 5.28. The van der Waals surface area contributed by atoms with Gasteiger partial charge in [-0.3, -0.25) is 9.55 Å². The molecule has 0 aliphatic carbocycles. The van der Waals surface area contributed by atoms with Crippen LogP contribution in [0.1, 0.15) is 26.3 Å². The summed E-state index contributed by atoms with van der Waals surface area (Å²) in [5, 5.41) is 3.22. The molecule has 0 saturated heterocycles. The maximum Gasteiger partial charge on any atom is 0.191 e. The lowest BCUT2D eigenvalue weighted by molar-refractivity contribution is 0.484. The van der Waals surface area contributed by atoms with E-state index in [2.05, 4.69) is 77.6 Å². The Labute approximate surface area is 237 Å². The topological polar surface area (TPSA) is 57.4 Å². The molecule has 0 spiro atoms. The number of pyridine rings is 2. The number of fused-ring (bicyclic) bond motifs is 4. The Morgan fingerprint density at radius 3 is 2.54 bits per heavy atom. The van der Waals surface area contributed by atoms with Gasteiger partial charge >= 0.3 is 0 Å². The third kappa shape index (κ3) is 4.38. The van der Waals surface area contributed by atoms with Gasteiger partial charge in [0.2, 0.25) is 0 Å². The number of rotatable bonds is 4. The highest BCUT2D eigenvalue weighted by Crippen LogP contribution is 2.37. The zero-order valence-corrected chi connectivity index (χ0v) is 22.9. The summed E-state index contributed by atoms with van der Waals surface area (Å²) in [5.74, 6) is 2.09. The quantitative estimate of drug-likeness (QED) is 0.211. The number of para-hydroxylation sites is 1. The third-order valence-electron chi connectivity index (χ3n) is 7.38. The van der Waals surface area contributed by atoms with Crippen LogP contribution in [0.2, 0.25) is 0 Å². The summed E-state index contributed by atoms with van der Waals surface area (Å²) >= 11 is 0. The Kier molecular flexibility index (Phi) is 5.62. The van der Waals surface area contributed by atoms with Crippen molar-refractivity contribution in [2.24, 2.45) is 0 Å². The molecule has 0 N–H and O–H groups in total. The first-order valence-electron chi connectivity index (χ1n) is 13.4. The van der Waals surface area contributed by atoms with E-state index in [1.54, 1.807) is 18.5 Å². The van der Waals surface area contributed by atoms with Gasteiger partial charge in [-0.05, 0) is 77.2 Å². The van der Waals surface area contributed by atoms with Crippen molar-refractivity contribution in [3.05, 3.63) is 121 Å². The summed E-state index contributed by atoms with van der Waals surface area (Å²) in [6.45, 7) is 14.3. The smallest absolute Gasteiger partial charge is 0.191 e. The van der Waals surface area contributed by atoms with Crippen molar-refractivity contribution in [3.8, 4) is 28.6 Å². The highest BCUT2D eigenvalue weighted by Gasteiger charge is 2.18. The van der Waals surface area contributed by atoms with Crippen LogP contribution < -0.4 is 4.74 Å². The average molecular weight is 535 g/mol. The molecule has 4 aromatic heterocycles. The van der Waals surface area contributed by atoms with Crippen molar-refractivity contribution < 1.29 is 9.15 Å². The van der Waals surface area contributed by atoms with Crippen LogP contribution in [-0.2, 0) is 5.41 Å². The van der Waals surface area contributed by atoms with Crippen molar-refractivity contribution in [2.75, 3.05) is 0 Å². The van der Waals surface area contributed by atoms with Crippen LogP contribution in [-0.4, -0.2) is 14.5 Å². The van der Waals surface area contributed by atoms with Gasteiger partial charge in [0.1, 0.15) is 17.3 Å². The number of benzene rings is 3. The van der Waals surface area contributed by atoms with E-state index in [0.717, 1.165) is 49.9 Å². The minimum absolute atomic E-state index is 0.00660. The molecule has 7 aromatic rings. The summed E-state index contributed by atoms with van der Waals surface area (Å²) in [7, 11) is 0. The van der Waals surface area contributed by atoms with Crippen molar-refractivity contribution in [1.82, 2.24) is 14.5 Å². The first kappa shape index (κ1) is 24.6. The van der Waals surface area contributed by atoms with E-state index in [4.69, 9.17) is 20.7 Å². The fraction of sp³-hybridized carbons (Fsp3) is 0.114. The highest BCUT2D eigenvalue weighted by molar-refractivity contribution is 6.09. The van der Waals surface area contributed by atoms with Crippen LogP contribution in [0.4, 0.5) is 5.69 Å². The molecule has 0 atom stereocenters. The fourth-order valence-electron chi connectivity index (χ4n) is 5.28. The third-order valence-corrected chi connectivity index (χ3v) is 7.38. The number of hydrogen-bond donors (Lipinski definition) is 0. The molecular formula is C35H26N4O2. The molecule has 41 heavy (non-hydrogen) atoms. The SMILES string of the molecule is [C-]#[N+]c1cc(Oc2ccc3c4ccccc4n(-c4cc(C(C)(C)C)ccn4)c3c2)cc(-c2cc3ccoc3cn2)c1. The summed E-state index contributed by atoms with van der Waals surface area (Å²) in [6.07, 6.45) is 5.22. The van der Waals surface area contributed by atoms with Gasteiger partial charge in [0, 0.05) is 28.4 Å². The summed E-state index contributed by atoms with van der Waals surface area (Å²) in [5.41, 5.74) is 6.03. The predicted octanol–water partition coefficient (Wildman–Crippen LogP) is 9.63. The van der Waals surface area contributed by atoms with Crippen molar-refractivity contribution >= 4 is 38.5 Å². The molecule has 198 valence electrons. The lowest BCUT2D eigenvalue weighted by atomic mass is 9.88. The second kappa shape index (κ2) is 9.35. The van der Waals surface area contributed by atoms with Gasteiger partial charge in [-0.15, -0.1) is 0 Å². The van der Waals surface area contributed by atoms with Crippen molar-refractivity contribution in [2.45, 2.75) is 26.2 Å². The van der Waals surface area contributed by atoms with E-state index in [9.17, 15) is 0 Å². The molecule has 0 bridgehead atoms. The van der Waals surface area contributed by atoms with Crippen LogP contribution in [0.15, 0.2) is 108 Å². The van der Waals surface area contributed by atoms with Gasteiger partial charge < -0.3 is 9.15 Å². The zero-order valence-electron chi connectivity index (χ0n) is 22.9. The van der Waals surface area contributed by atoms with E-state index >= 15 is 0 Å². The molecule has 6 nitrogen and oxygen atoms in total. The average Bonchev–Trinajstić information content (AvgIpc) is 3.58. The molecule has 4 heterocycles. The van der Waals surface area contributed by atoms with E-state index in [0.29, 0.717) is 17.2 Å². The second-order valence-electron chi connectivity index (χ2n) is 11.1. The Bertz CT molecular complexity index is 2140. The molecule has 0 radical (unpaired) electrons. The number of ether oxygens (including phenoxy) is 1. The normalized spacial score (nSPS) is 11.8. The predicted molar refractivity (Wildman–Crippen MR) is 163 cm³/mol. The number of hydrogen-bond acceptors (Lipinski definition) is 4.